The van der Waals surface area contributed by atoms with Gasteiger partial charge in [-0.3, -0.25) is 9.59 Å². The number of hydrogen-bond donors (Lipinski definition) is 6. The van der Waals surface area contributed by atoms with E-state index < -0.39 is 24.0 Å². The van der Waals surface area contributed by atoms with Gasteiger partial charge in [0.05, 0.1) is 12.4 Å². The molecule has 1 aliphatic rings. The molecule has 72 heavy (non-hydrogen) atoms. The summed E-state index contributed by atoms with van der Waals surface area (Å²) in [5, 5.41) is 54.9. The number of hydrogen-bond acceptors (Lipinski definition) is 10. The van der Waals surface area contributed by atoms with Gasteiger partial charge in [-0.25, -0.2) is 10.9 Å². The zero-order valence-corrected chi connectivity index (χ0v) is 41.4. The quantitative estimate of drug-likeness (QED) is 0.0399. The average molecular weight is 965 g/mol. The van der Waals surface area contributed by atoms with Crippen LogP contribution in [0.5, 0.6) is 23.0 Å². The predicted octanol–water partition coefficient (Wildman–Crippen LogP) is 8.76. The summed E-state index contributed by atoms with van der Waals surface area (Å²) in [7, 11) is 0. The van der Waals surface area contributed by atoms with E-state index in [1.807, 2.05) is 24.3 Å². The molecule has 2 unspecified atom stereocenters. The predicted molar refractivity (Wildman–Crippen MR) is 281 cm³/mol. The molecule has 8 bridgehead atoms. The fraction of sp³-hybridized carbons (Fsp3) is 0.267. The normalized spacial score (nSPS) is 13.4. The van der Waals surface area contributed by atoms with Crippen molar-refractivity contribution in [3.8, 4) is 47.7 Å². The van der Waals surface area contributed by atoms with Crippen LogP contribution >= 0.6 is 0 Å². The average Bonchev–Trinajstić information content (AvgIpc) is 3.35. The third kappa shape index (κ3) is 12.4. The Morgan fingerprint density at radius 2 is 0.861 bits per heavy atom. The summed E-state index contributed by atoms with van der Waals surface area (Å²) in [6.07, 6.45) is 12.3. The number of phenolic OH excluding ortho intramolecular Hbond substituents is 2. The molecule has 368 valence electrons. The van der Waals surface area contributed by atoms with Gasteiger partial charge < -0.3 is 29.9 Å². The van der Waals surface area contributed by atoms with Gasteiger partial charge in [0.15, 0.2) is 12.2 Å². The van der Waals surface area contributed by atoms with E-state index in [2.05, 4.69) is 74.4 Å². The standard InChI is InChI=1S/C60H60N4O8/c1-9-21-71-55-45-27-41-23-37(35-61-63-57(69)53(67)39-17-13-11-14-18-39)25-43(51(41)65)29-47-33-50(60(6,7)8)34-48(56(47)72-22-10-2)30-44-26-38(36-62-64-58(70)54(68)40-19-15-12-16-20-40)24-42(52(44)66)28-46(55)32-49(31-45)59(3,4)5/h1-2,11-20,23-26,31-36,53-54,65-68H,21-22,27-30H2,3-8H3,(H,63,69)(H,64,70)/b61-35+,62-36+. The second-order valence-corrected chi connectivity index (χ2v) is 19.9. The summed E-state index contributed by atoms with van der Waals surface area (Å²) in [6.45, 7) is 12.4. The number of aliphatic hydroxyl groups is 2. The number of aliphatic hydroxyl groups excluding tert-OH is 2. The minimum absolute atomic E-state index is 0.0224. The Morgan fingerprint density at radius 3 is 1.14 bits per heavy atom. The van der Waals surface area contributed by atoms with Crippen molar-refractivity contribution in [1.82, 2.24) is 10.9 Å². The largest absolute Gasteiger partial charge is 0.507 e. The Morgan fingerprint density at radius 1 is 0.556 bits per heavy atom. The summed E-state index contributed by atoms with van der Waals surface area (Å²) in [5.74, 6) is 4.74. The van der Waals surface area contributed by atoms with Crippen molar-refractivity contribution in [3.05, 3.63) is 187 Å². The zero-order chi connectivity index (χ0) is 51.7. The number of benzene rings is 6. The van der Waals surface area contributed by atoms with Crippen molar-refractivity contribution in [3.63, 3.8) is 0 Å². The Labute approximate surface area is 421 Å². The first-order valence-electron chi connectivity index (χ1n) is 23.6. The maximum Gasteiger partial charge on any atom is 0.273 e. The summed E-state index contributed by atoms with van der Waals surface area (Å²) in [4.78, 5) is 26.1. The fourth-order valence-corrected chi connectivity index (χ4v) is 8.62. The van der Waals surface area contributed by atoms with Gasteiger partial charge in [0.2, 0.25) is 0 Å². The van der Waals surface area contributed by atoms with Crippen LogP contribution < -0.4 is 20.3 Å². The Balaban J connectivity index is 1.43. The van der Waals surface area contributed by atoms with E-state index in [-0.39, 0.29) is 61.2 Å². The van der Waals surface area contributed by atoms with Gasteiger partial charge in [0, 0.05) is 25.7 Å². The van der Waals surface area contributed by atoms with Crippen LogP contribution in [0.1, 0.15) is 132 Å². The van der Waals surface area contributed by atoms with Gasteiger partial charge in [-0.15, -0.1) is 12.8 Å². The van der Waals surface area contributed by atoms with Crippen molar-refractivity contribution in [2.24, 2.45) is 10.2 Å². The number of ether oxygens (including phenoxy) is 2. The molecule has 0 aliphatic heterocycles. The number of carbonyl (C=O) groups excluding carboxylic acids is 2. The summed E-state index contributed by atoms with van der Waals surface area (Å²) < 4.78 is 12.8. The molecule has 0 spiro atoms. The van der Waals surface area contributed by atoms with Gasteiger partial charge >= 0.3 is 0 Å². The van der Waals surface area contributed by atoms with Crippen LogP contribution in [0.2, 0.25) is 0 Å². The number of amides is 2. The number of phenols is 2. The highest BCUT2D eigenvalue weighted by Crippen LogP contribution is 2.42. The Kier molecular flexibility index (Phi) is 16.0. The van der Waals surface area contributed by atoms with Gasteiger partial charge in [0.25, 0.3) is 11.8 Å². The summed E-state index contributed by atoms with van der Waals surface area (Å²) >= 11 is 0. The van der Waals surface area contributed by atoms with E-state index in [0.29, 0.717) is 78.3 Å². The van der Waals surface area contributed by atoms with E-state index in [0.717, 1.165) is 11.1 Å². The van der Waals surface area contributed by atoms with Crippen LogP contribution in [-0.4, -0.2) is 57.9 Å². The van der Waals surface area contributed by atoms with Crippen LogP contribution in [-0.2, 0) is 46.1 Å². The highest BCUT2D eigenvalue weighted by molar-refractivity contribution is 5.87. The van der Waals surface area contributed by atoms with Crippen molar-refractivity contribution in [1.29, 1.82) is 0 Å². The van der Waals surface area contributed by atoms with E-state index in [4.69, 9.17) is 22.3 Å². The second kappa shape index (κ2) is 22.3. The molecule has 6 aromatic rings. The van der Waals surface area contributed by atoms with E-state index in [1.165, 1.54) is 12.4 Å². The molecule has 0 radical (unpaired) electrons. The molecule has 1 aliphatic carbocycles. The molecule has 2 atom stereocenters. The SMILES string of the molecule is C#CCOc1c2cc(C(C)(C)C)cc1Cc1cc(/C=N/NC(=O)C(O)c3ccccc3)cc(c1O)Cc1cc(C(C)(C)C)cc(c1OCC#C)Cc1cc(/C=N/NC(=O)C(O)c3ccccc3)cc(c1O)C2. The summed E-state index contributed by atoms with van der Waals surface area (Å²) in [6, 6.07) is 32.4. The molecule has 7 rings (SSSR count). The third-order valence-electron chi connectivity index (χ3n) is 12.4. The minimum atomic E-state index is -1.45. The van der Waals surface area contributed by atoms with Crippen LogP contribution in [0.3, 0.4) is 0 Å². The lowest BCUT2D eigenvalue weighted by molar-refractivity contribution is -0.130. The lowest BCUT2D eigenvalue weighted by Crippen LogP contribution is -2.25. The minimum Gasteiger partial charge on any atom is -0.507 e. The molecule has 0 aromatic heterocycles. The first kappa shape index (κ1) is 51.7. The molecular weight excluding hydrogens is 905 g/mol. The monoisotopic (exact) mass is 964 g/mol. The number of carbonyl (C=O) groups is 2. The van der Waals surface area contributed by atoms with E-state index >= 15 is 0 Å². The smallest absolute Gasteiger partial charge is 0.273 e. The maximum atomic E-state index is 13.0. The van der Waals surface area contributed by atoms with Gasteiger partial charge in [-0.1, -0.05) is 138 Å². The van der Waals surface area contributed by atoms with Crippen LogP contribution in [0.15, 0.2) is 119 Å². The van der Waals surface area contributed by atoms with Crippen molar-refractivity contribution in [2.45, 2.75) is 90.3 Å². The molecule has 12 heteroatoms. The second-order valence-electron chi connectivity index (χ2n) is 19.9. The van der Waals surface area contributed by atoms with Crippen molar-refractivity contribution >= 4 is 24.2 Å². The number of rotatable bonds is 12. The van der Waals surface area contributed by atoms with Crippen LogP contribution in [0.4, 0.5) is 0 Å². The van der Waals surface area contributed by atoms with Crippen LogP contribution in [0.25, 0.3) is 0 Å². The number of nitrogens with one attached hydrogen (secondary N) is 2. The van der Waals surface area contributed by atoms with Gasteiger partial charge in [0.1, 0.15) is 36.2 Å². The molecule has 0 saturated heterocycles. The fourth-order valence-electron chi connectivity index (χ4n) is 8.62. The number of fused-ring (bicyclic) bond motifs is 8. The molecule has 2 amide bonds. The lowest BCUT2D eigenvalue weighted by atomic mass is 9.81. The molecule has 6 N–H and O–H groups in total. The van der Waals surface area contributed by atoms with Gasteiger partial charge in [-0.2, -0.15) is 10.2 Å². The molecule has 0 saturated carbocycles. The lowest BCUT2D eigenvalue weighted by Gasteiger charge is -2.26. The third-order valence-corrected chi connectivity index (χ3v) is 12.4. The molecule has 0 fully saturated rings. The van der Waals surface area contributed by atoms with E-state index in [1.54, 1.807) is 84.9 Å². The molecular formula is C60H60N4O8. The van der Waals surface area contributed by atoms with Crippen molar-refractivity contribution < 1.29 is 39.5 Å². The first-order chi connectivity index (χ1) is 34.3. The topological polar surface area (TPSA) is 182 Å². The molecule has 0 heterocycles. The molecule has 12 nitrogen and oxygen atoms in total. The Hall–Kier alpha value is -8.16. The first-order valence-corrected chi connectivity index (χ1v) is 23.6. The summed E-state index contributed by atoms with van der Waals surface area (Å²) in [5.41, 5.74) is 12.9. The Bertz CT molecular complexity index is 2810. The number of nitrogens with zero attached hydrogens (tertiary/aromatic N) is 2. The van der Waals surface area contributed by atoms with Crippen LogP contribution in [0, 0.1) is 24.7 Å². The zero-order valence-electron chi connectivity index (χ0n) is 41.4. The van der Waals surface area contributed by atoms with Crippen molar-refractivity contribution in [2.75, 3.05) is 13.2 Å². The highest BCUT2D eigenvalue weighted by atomic mass is 16.5. The highest BCUT2D eigenvalue weighted by Gasteiger charge is 2.27. The maximum absolute atomic E-state index is 13.0. The van der Waals surface area contributed by atoms with Gasteiger partial charge in [-0.05, 0) is 113 Å². The number of terminal acetylenes is 2. The van der Waals surface area contributed by atoms with E-state index in [9.17, 15) is 30.0 Å². The molecule has 6 aromatic carbocycles. The number of aromatic hydroxyl groups is 2. The number of hydrazone groups is 2.